The van der Waals surface area contributed by atoms with Crippen molar-refractivity contribution in [2.24, 2.45) is 0 Å². The van der Waals surface area contributed by atoms with E-state index in [2.05, 4.69) is 0 Å². The fourth-order valence-corrected chi connectivity index (χ4v) is 1.22. The number of nitrogens with zero attached hydrogens (tertiary/aromatic N) is 1. The molecule has 0 aromatic heterocycles. The number of benzene rings is 1. The van der Waals surface area contributed by atoms with E-state index in [1.807, 2.05) is 6.07 Å². The third-order valence-electron chi connectivity index (χ3n) is 2.09. The first-order valence-corrected chi connectivity index (χ1v) is 4.95. The highest BCUT2D eigenvalue weighted by Crippen LogP contribution is 2.25. The fourth-order valence-electron chi connectivity index (χ4n) is 1.22. The van der Waals surface area contributed by atoms with Gasteiger partial charge in [-0.25, -0.2) is 4.79 Å². The van der Waals surface area contributed by atoms with Crippen LogP contribution in [0.3, 0.4) is 0 Å². The van der Waals surface area contributed by atoms with Crippen molar-refractivity contribution in [2.45, 2.75) is 13.0 Å². The van der Waals surface area contributed by atoms with Gasteiger partial charge in [0.25, 0.3) is 0 Å². The largest absolute Gasteiger partial charge is 0.497 e. The second-order valence-corrected chi connectivity index (χ2v) is 3.24. The second kappa shape index (κ2) is 5.75. The van der Waals surface area contributed by atoms with E-state index in [4.69, 9.17) is 19.5 Å². The third-order valence-corrected chi connectivity index (χ3v) is 2.09. The lowest BCUT2D eigenvalue weighted by atomic mass is 10.2. The molecule has 1 aromatic rings. The summed E-state index contributed by atoms with van der Waals surface area (Å²) in [5, 5.41) is 8.56. The van der Waals surface area contributed by atoms with Crippen molar-refractivity contribution in [1.82, 2.24) is 0 Å². The van der Waals surface area contributed by atoms with E-state index in [1.54, 1.807) is 12.1 Å². The van der Waals surface area contributed by atoms with Gasteiger partial charge in [0.15, 0.2) is 6.10 Å². The molecular weight excluding hydrogens is 222 g/mol. The summed E-state index contributed by atoms with van der Waals surface area (Å²) in [5.74, 6) is 0.324. The average molecular weight is 235 g/mol. The maximum Gasteiger partial charge on any atom is 0.343 e. The number of hydrogen-bond acceptors (Lipinski definition) is 5. The average Bonchev–Trinajstić information content (AvgIpc) is 2.37. The van der Waals surface area contributed by atoms with Gasteiger partial charge in [0, 0.05) is 6.07 Å². The Morgan fingerprint density at radius 2 is 2.06 bits per heavy atom. The van der Waals surface area contributed by atoms with Crippen molar-refractivity contribution in [3.05, 3.63) is 23.8 Å². The van der Waals surface area contributed by atoms with Crippen molar-refractivity contribution in [1.29, 1.82) is 5.26 Å². The molecule has 0 saturated carbocycles. The van der Waals surface area contributed by atoms with Crippen LogP contribution in [-0.4, -0.2) is 26.3 Å². The number of rotatable bonds is 4. The summed E-state index contributed by atoms with van der Waals surface area (Å²) in [4.78, 5) is 11.7. The molecule has 0 N–H and O–H groups in total. The molecule has 1 atom stereocenters. The van der Waals surface area contributed by atoms with E-state index in [0.717, 1.165) is 0 Å². The van der Waals surface area contributed by atoms with Gasteiger partial charge in [0.1, 0.15) is 23.1 Å². The van der Waals surface area contributed by atoms with Gasteiger partial charge in [-0.05, 0) is 19.1 Å². The molecule has 0 unspecified atom stereocenters. The molecule has 0 spiro atoms. The Bertz CT molecular complexity index is 450. The zero-order valence-electron chi connectivity index (χ0n) is 9.89. The summed E-state index contributed by atoms with van der Waals surface area (Å²) in [6, 6.07) is 6.55. The van der Waals surface area contributed by atoms with Gasteiger partial charge in [-0.1, -0.05) is 0 Å². The molecule has 5 nitrogen and oxygen atoms in total. The zero-order chi connectivity index (χ0) is 12.8. The highest BCUT2D eigenvalue weighted by molar-refractivity contribution is 5.93. The molecule has 0 heterocycles. The Labute approximate surface area is 99.5 Å². The minimum Gasteiger partial charge on any atom is -0.497 e. The maximum absolute atomic E-state index is 11.7. The van der Waals surface area contributed by atoms with Crippen LogP contribution in [0.2, 0.25) is 0 Å². The van der Waals surface area contributed by atoms with Crippen LogP contribution < -0.4 is 9.47 Å². The molecule has 1 aromatic carbocycles. The number of methoxy groups -OCH3 is 2. The first-order valence-electron chi connectivity index (χ1n) is 4.95. The molecule has 0 amide bonds. The Balaban J connectivity index is 2.97. The molecule has 5 heteroatoms. The Kier molecular flexibility index (Phi) is 4.35. The topological polar surface area (TPSA) is 68.5 Å². The van der Waals surface area contributed by atoms with Crippen LogP contribution in [0.1, 0.15) is 17.3 Å². The van der Waals surface area contributed by atoms with E-state index in [9.17, 15) is 4.79 Å². The number of carbonyl (C=O) groups excluding carboxylic acids is 1. The zero-order valence-corrected chi connectivity index (χ0v) is 9.89. The van der Waals surface area contributed by atoms with Crippen LogP contribution in [0.25, 0.3) is 0 Å². The number of nitriles is 1. The molecule has 1 rings (SSSR count). The molecule has 0 fully saturated rings. The monoisotopic (exact) mass is 235 g/mol. The summed E-state index contributed by atoms with van der Waals surface area (Å²) in [5.41, 5.74) is 0.260. The standard InChI is InChI=1S/C12H13NO4/c1-8(7-13)17-12(14)10-5-4-9(15-2)6-11(10)16-3/h4-6,8H,1-3H3/t8-/m1/s1. The molecule has 0 aliphatic heterocycles. The lowest BCUT2D eigenvalue weighted by Crippen LogP contribution is -2.14. The minimum absolute atomic E-state index is 0.260. The van der Waals surface area contributed by atoms with Crippen LogP contribution in [0.4, 0.5) is 0 Å². The van der Waals surface area contributed by atoms with Crippen molar-refractivity contribution in [2.75, 3.05) is 14.2 Å². The van der Waals surface area contributed by atoms with Crippen LogP contribution in [0, 0.1) is 11.3 Å². The minimum atomic E-state index is -0.797. The lowest BCUT2D eigenvalue weighted by molar-refractivity contribution is 0.0432. The molecular formula is C12H13NO4. The first kappa shape index (κ1) is 12.8. The molecule has 90 valence electrons. The predicted molar refractivity (Wildman–Crippen MR) is 60.0 cm³/mol. The smallest absolute Gasteiger partial charge is 0.343 e. The van der Waals surface area contributed by atoms with Gasteiger partial charge in [0.2, 0.25) is 0 Å². The quantitative estimate of drug-likeness (QED) is 0.744. The van der Waals surface area contributed by atoms with Crippen LogP contribution in [0.5, 0.6) is 11.5 Å². The number of esters is 1. The van der Waals surface area contributed by atoms with E-state index in [0.29, 0.717) is 11.5 Å². The summed E-state index contributed by atoms with van der Waals surface area (Å²) < 4.78 is 15.0. The fraction of sp³-hybridized carbons (Fsp3) is 0.333. The Morgan fingerprint density at radius 3 is 2.59 bits per heavy atom. The Morgan fingerprint density at radius 1 is 1.35 bits per heavy atom. The molecule has 0 radical (unpaired) electrons. The molecule has 17 heavy (non-hydrogen) atoms. The van der Waals surface area contributed by atoms with Gasteiger partial charge < -0.3 is 14.2 Å². The van der Waals surface area contributed by atoms with Crippen LogP contribution in [-0.2, 0) is 4.74 Å². The number of hydrogen-bond donors (Lipinski definition) is 0. The van der Waals surface area contributed by atoms with Crippen molar-refractivity contribution in [3.8, 4) is 17.6 Å². The third kappa shape index (κ3) is 3.11. The van der Waals surface area contributed by atoms with Gasteiger partial charge in [-0.3, -0.25) is 0 Å². The van der Waals surface area contributed by atoms with Gasteiger partial charge in [-0.15, -0.1) is 0 Å². The summed E-state index contributed by atoms with van der Waals surface area (Å²) in [7, 11) is 2.96. The molecule has 0 saturated heterocycles. The molecule has 0 aliphatic rings. The van der Waals surface area contributed by atoms with E-state index in [1.165, 1.54) is 27.2 Å². The predicted octanol–water partition coefficient (Wildman–Crippen LogP) is 1.77. The normalized spacial score (nSPS) is 11.2. The Hall–Kier alpha value is -2.22. The van der Waals surface area contributed by atoms with E-state index in [-0.39, 0.29) is 5.56 Å². The first-order chi connectivity index (χ1) is 8.12. The highest BCUT2D eigenvalue weighted by atomic mass is 16.5. The molecule has 0 aliphatic carbocycles. The highest BCUT2D eigenvalue weighted by Gasteiger charge is 2.16. The summed E-state index contributed by atoms with van der Waals surface area (Å²) in [6.45, 7) is 1.49. The van der Waals surface area contributed by atoms with Gasteiger partial charge in [0.05, 0.1) is 14.2 Å². The van der Waals surface area contributed by atoms with Crippen molar-refractivity contribution < 1.29 is 19.0 Å². The molecule has 0 bridgehead atoms. The summed E-state index contributed by atoms with van der Waals surface area (Å²) >= 11 is 0. The lowest BCUT2D eigenvalue weighted by Gasteiger charge is -2.10. The van der Waals surface area contributed by atoms with Gasteiger partial charge >= 0.3 is 5.97 Å². The summed E-state index contributed by atoms with van der Waals surface area (Å²) in [6.07, 6.45) is -0.797. The van der Waals surface area contributed by atoms with Crippen molar-refractivity contribution >= 4 is 5.97 Å². The number of carbonyl (C=O) groups is 1. The van der Waals surface area contributed by atoms with Crippen molar-refractivity contribution in [3.63, 3.8) is 0 Å². The number of ether oxygens (including phenoxy) is 3. The van der Waals surface area contributed by atoms with Crippen LogP contribution >= 0.6 is 0 Å². The maximum atomic E-state index is 11.7. The van der Waals surface area contributed by atoms with E-state index >= 15 is 0 Å². The SMILES string of the molecule is COc1ccc(C(=O)O[C@H](C)C#N)c(OC)c1. The van der Waals surface area contributed by atoms with Crippen LogP contribution in [0.15, 0.2) is 18.2 Å². The van der Waals surface area contributed by atoms with E-state index < -0.39 is 12.1 Å². The second-order valence-electron chi connectivity index (χ2n) is 3.24. The van der Waals surface area contributed by atoms with Gasteiger partial charge in [-0.2, -0.15) is 5.26 Å².